The highest BCUT2D eigenvalue weighted by Gasteiger charge is 2.11. The topological polar surface area (TPSA) is 29.9 Å². The summed E-state index contributed by atoms with van der Waals surface area (Å²) in [5, 5.41) is 7.80. The quantitative estimate of drug-likeness (QED) is 0.824. The van der Waals surface area contributed by atoms with Gasteiger partial charge in [0.25, 0.3) is 0 Å². The van der Waals surface area contributed by atoms with Gasteiger partial charge in [0.15, 0.2) is 0 Å². The molecule has 0 bridgehead atoms. The number of nitrogens with one attached hydrogen (secondary N) is 1. The number of hydrogen-bond donors (Lipinski definition) is 1. The van der Waals surface area contributed by atoms with Crippen molar-refractivity contribution in [2.75, 3.05) is 6.54 Å². The van der Waals surface area contributed by atoms with E-state index in [4.69, 9.17) is 0 Å². The lowest BCUT2D eigenvalue weighted by Crippen LogP contribution is -2.39. The average Bonchev–Trinajstić information content (AvgIpc) is 2.47. The fraction of sp³-hybridized carbons (Fsp3) is 0.750. The van der Waals surface area contributed by atoms with Gasteiger partial charge in [-0.3, -0.25) is 4.68 Å². The first-order valence-electron chi connectivity index (χ1n) is 5.61. The molecule has 0 amide bonds. The van der Waals surface area contributed by atoms with Crippen molar-refractivity contribution in [1.82, 2.24) is 15.1 Å². The van der Waals surface area contributed by atoms with Gasteiger partial charge in [0.1, 0.15) is 0 Å². The van der Waals surface area contributed by atoms with E-state index in [-0.39, 0.29) is 5.54 Å². The monoisotopic (exact) mass is 209 g/mol. The van der Waals surface area contributed by atoms with Gasteiger partial charge in [0.05, 0.1) is 6.20 Å². The lowest BCUT2D eigenvalue weighted by molar-refractivity contribution is 0.352. The smallest absolute Gasteiger partial charge is 0.0518 e. The van der Waals surface area contributed by atoms with Crippen LogP contribution in [0.2, 0.25) is 0 Å². The summed E-state index contributed by atoms with van der Waals surface area (Å²) in [5.41, 5.74) is 1.43. The molecule has 15 heavy (non-hydrogen) atoms. The maximum absolute atomic E-state index is 4.29. The molecule has 1 N–H and O–H groups in total. The van der Waals surface area contributed by atoms with Gasteiger partial charge >= 0.3 is 0 Å². The van der Waals surface area contributed by atoms with Gasteiger partial charge in [-0.2, -0.15) is 5.10 Å². The minimum Gasteiger partial charge on any atom is -0.312 e. The minimum atomic E-state index is 0.203. The Morgan fingerprint density at radius 2 is 2.13 bits per heavy atom. The first-order chi connectivity index (χ1) is 6.87. The number of hydrogen-bond acceptors (Lipinski definition) is 2. The Morgan fingerprint density at radius 1 is 1.47 bits per heavy atom. The zero-order valence-corrected chi connectivity index (χ0v) is 10.5. The summed E-state index contributed by atoms with van der Waals surface area (Å²) < 4.78 is 2.02. The van der Waals surface area contributed by atoms with E-state index >= 15 is 0 Å². The van der Waals surface area contributed by atoms with Gasteiger partial charge in [0.2, 0.25) is 0 Å². The lowest BCUT2D eigenvalue weighted by Gasteiger charge is -2.23. The molecule has 0 radical (unpaired) electrons. The van der Waals surface area contributed by atoms with Crippen molar-refractivity contribution in [3.05, 3.63) is 18.0 Å². The minimum absolute atomic E-state index is 0.203. The number of aryl methyl sites for hydroxylation is 1. The molecule has 1 unspecified atom stereocenters. The van der Waals surface area contributed by atoms with E-state index in [9.17, 15) is 0 Å². The van der Waals surface area contributed by atoms with Crippen LogP contribution < -0.4 is 5.32 Å². The highest BCUT2D eigenvalue weighted by atomic mass is 15.3. The molecule has 1 atom stereocenters. The van der Waals surface area contributed by atoms with Crippen molar-refractivity contribution in [2.24, 2.45) is 5.92 Å². The van der Waals surface area contributed by atoms with E-state index in [2.05, 4.69) is 51.2 Å². The summed E-state index contributed by atoms with van der Waals surface area (Å²) in [6.07, 6.45) is 4.00. The molecule has 3 heteroatoms. The normalized spacial score (nSPS) is 14.2. The Morgan fingerprint density at radius 3 is 2.60 bits per heavy atom. The average molecular weight is 209 g/mol. The third kappa shape index (κ3) is 4.98. The van der Waals surface area contributed by atoms with E-state index in [0.29, 0.717) is 5.92 Å². The van der Waals surface area contributed by atoms with Crippen LogP contribution in [0.5, 0.6) is 0 Å². The van der Waals surface area contributed by atoms with Crippen molar-refractivity contribution in [3.8, 4) is 0 Å². The number of rotatable bonds is 4. The summed E-state index contributed by atoms with van der Waals surface area (Å²) >= 11 is 0. The molecule has 1 heterocycles. The number of nitrogens with zero attached hydrogens (tertiary/aromatic N) is 2. The second-order valence-corrected chi connectivity index (χ2v) is 5.48. The maximum atomic E-state index is 4.29. The molecule has 3 nitrogen and oxygen atoms in total. The third-order valence-electron chi connectivity index (χ3n) is 2.24. The lowest BCUT2D eigenvalue weighted by atomic mass is 10.1. The largest absolute Gasteiger partial charge is 0.312 e. The summed E-state index contributed by atoms with van der Waals surface area (Å²) in [4.78, 5) is 0. The van der Waals surface area contributed by atoms with Crippen LogP contribution >= 0.6 is 0 Å². The van der Waals surface area contributed by atoms with Crippen LogP contribution in [0.4, 0.5) is 0 Å². The first kappa shape index (κ1) is 12.2. The predicted octanol–water partition coefficient (Wildman–Crippen LogP) is 2.22. The predicted molar refractivity (Wildman–Crippen MR) is 63.9 cm³/mol. The van der Waals surface area contributed by atoms with Crippen LogP contribution in [0, 0.1) is 12.8 Å². The Balaban J connectivity index is 2.33. The SMILES string of the molecule is Cc1cnn(CC(C)CNC(C)(C)C)c1. The van der Waals surface area contributed by atoms with E-state index in [1.54, 1.807) is 0 Å². The Kier molecular flexibility index (Phi) is 3.91. The van der Waals surface area contributed by atoms with Crippen molar-refractivity contribution < 1.29 is 0 Å². The van der Waals surface area contributed by atoms with Crippen LogP contribution in [0.3, 0.4) is 0 Å². The zero-order valence-electron chi connectivity index (χ0n) is 10.5. The maximum Gasteiger partial charge on any atom is 0.0518 e. The van der Waals surface area contributed by atoms with Crippen molar-refractivity contribution in [3.63, 3.8) is 0 Å². The highest BCUT2D eigenvalue weighted by Crippen LogP contribution is 2.04. The van der Waals surface area contributed by atoms with E-state index in [0.717, 1.165) is 13.1 Å². The van der Waals surface area contributed by atoms with Crippen LogP contribution in [-0.4, -0.2) is 21.9 Å². The summed E-state index contributed by atoms with van der Waals surface area (Å²) in [7, 11) is 0. The van der Waals surface area contributed by atoms with Gasteiger partial charge in [-0.15, -0.1) is 0 Å². The molecule has 1 aromatic rings. The number of aromatic nitrogens is 2. The molecule has 0 aliphatic rings. The molecule has 0 saturated heterocycles. The molecular formula is C12H23N3. The van der Waals surface area contributed by atoms with Crippen molar-refractivity contribution >= 4 is 0 Å². The third-order valence-corrected chi connectivity index (χ3v) is 2.24. The standard InChI is InChI=1S/C12H23N3/c1-10(6-13-12(3,4)5)8-15-9-11(2)7-14-15/h7,9-10,13H,6,8H2,1-5H3. The molecule has 1 aromatic heterocycles. The van der Waals surface area contributed by atoms with Gasteiger partial charge in [-0.1, -0.05) is 6.92 Å². The molecule has 0 saturated carbocycles. The molecule has 86 valence electrons. The molecule has 0 aromatic carbocycles. The molecular weight excluding hydrogens is 186 g/mol. The molecule has 0 spiro atoms. The fourth-order valence-electron chi connectivity index (χ4n) is 1.43. The Labute approximate surface area is 92.9 Å². The van der Waals surface area contributed by atoms with Gasteiger partial charge in [0, 0.05) is 18.3 Å². The van der Waals surface area contributed by atoms with E-state index in [1.165, 1.54) is 5.56 Å². The van der Waals surface area contributed by atoms with Gasteiger partial charge < -0.3 is 5.32 Å². The second kappa shape index (κ2) is 4.79. The van der Waals surface area contributed by atoms with Crippen LogP contribution in [0.15, 0.2) is 12.4 Å². The Hall–Kier alpha value is -0.830. The van der Waals surface area contributed by atoms with Gasteiger partial charge in [-0.05, 0) is 45.7 Å². The van der Waals surface area contributed by atoms with E-state index < -0.39 is 0 Å². The fourth-order valence-corrected chi connectivity index (χ4v) is 1.43. The Bertz CT molecular complexity index is 296. The summed E-state index contributed by atoms with van der Waals surface area (Å²) in [5.74, 6) is 0.600. The molecule has 0 aliphatic heterocycles. The molecule has 1 rings (SSSR count). The summed E-state index contributed by atoms with van der Waals surface area (Å²) in [6, 6.07) is 0. The van der Waals surface area contributed by atoms with Crippen LogP contribution in [0.1, 0.15) is 33.3 Å². The second-order valence-electron chi connectivity index (χ2n) is 5.48. The summed E-state index contributed by atoms with van der Waals surface area (Å²) in [6.45, 7) is 12.9. The van der Waals surface area contributed by atoms with Crippen molar-refractivity contribution in [2.45, 2.75) is 46.7 Å². The van der Waals surface area contributed by atoms with Crippen molar-refractivity contribution in [1.29, 1.82) is 0 Å². The first-order valence-corrected chi connectivity index (χ1v) is 5.61. The molecule has 0 aliphatic carbocycles. The van der Waals surface area contributed by atoms with Crippen LogP contribution in [-0.2, 0) is 6.54 Å². The zero-order chi connectivity index (χ0) is 11.5. The highest BCUT2D eigenvalue weighted by molar-refractivity contribution is 4.99. The van der Waals surface area contributed by atoms with E-state index in [1.807, 2.05) is 10.9 Å². The van der Waals surface area contributed by atoms with Gasteiger partial charge in [-0.25, -0.2) is 0 Å². The molecule has 0 fully saturated rings. The van der Waals surface area contributed by atoms with Crippen LogP contribution in [0.25, 0.3) is 0 Å².